The number of nitrogens with zero attached hydrogens (tertiary/aromatic N) is 2. The molecule has 3 rings (SSSR count). The molecule has 0 saturated carbocycles. The molecule has 0 unspecified atom stereocenters. The summed E-state index contributed by atoms with van der Waals surface area (Å²) in [4.78, 5) is 3.64. The Bertz CT molecular complexity index is 676. The molecule has 0 spiro atoms. The predicted molar refractivity (Wildman–Crippen MR) is 72.0 cm³/mol. The van der Waals surface area contributed by atoms with Gasteiger partial charge < -0.3 is 0 Å². The Morgan fingerprint density at radius 3 is 2.82 bits per heavy atom. The van der Waals surface area contributed by atoms with E-state index >= 15 is 0 Å². The normalized spacial score (nSPS) is 10.9. The third-order valence-corrected chi connectivity index (χ3v) is 3.20. The Morgan fingerprint density at radius 2 is 2.06 bits per heavy atom. The summed E-state index contributed by atoms with van der Waals surface area (Å²) in [6, 6.07) is 9.04. The molecule has 1 N–H and O–H groups in total. The smallest absolute Gasteiger partial charge is 0.212 e. The summed E-state index contributed by atoms with van der Waals surface area (Å²) in [5.41, 5.74) is 2.57. The minimum Gasteiger partial charge on any atom is -0.277 e. The first-order chi connectivity index (χ1) is 8.24. The second-order valence-electron chi connectivity index (χ2n) is 3.63. The SMILES string of the molecule is Fc1ccc(-c2n[nH]c3ccc(I)cc23)cn1. The topological polar surface area (TPSA) is 41.6 Å². The van der Waals surface area contributed by atoms with Crippen LogP contribution in [0.4, 0.5) is 4.39 Å². The van der Waals surface area contributed by atoms with Crippen molar-refractivity contribution in [3.8, 4) is 11.3 Å². The van der Waals surface area contributed by atoms with Gasteiger partial charge in [-0.1, -0.05) is 0 Å². The van der Waals surface area contributed by atoms with Crippen LogP contribution in [-0.2, 0) is 0 Å². The average Bonchev–Trinajstić information content (AvgIpc) is 2.73. The fraction of sp³-hybridized carbons (Fsp3) is 0. The van der Waals surface area contributed by atoms with Crippen LogP contribution >= 0.6 is 22.6 Å². The molecule has 2 aromatic heterocycles. The molecular formula is C12H7FIN3. The van der Waals surface area contributed by atoms with Crippen molar-refractivity contribution in [3.05, 3.63) is 46.0 Å². The Morgan fingerprint density at radius 1 is 1.18 bits per heavy atom. The molecule has 3 nitrogen and oxygen atoms in total. The number of aromatic amines is 1. The Balaban J connectivity index is 2.23. The van der Waals surface area contributed by atoms with E-state index in [1.165, 1.54) is 12.3 Å². The lowest BCUT2D eigenvalue weighted by molar-refractivity contribution is 0.584. The number of pyridine rings is 1. The van der Waals surface area contributed by atoms with Crippen molar-refractivity contribution >= 4 is 33.5 Å². The molecule has 0 radical (unpaired) electrons. The van der Waals surface area contributed by atoms with E-state index in [0.717, 1.165) is 25.7 Å². The Hall–Kier alpha value is -1.50. The largest absolute Gasteiger partial charge is 0.277 e. The number of nitrogens with one attached hydrogen (secondary N) is 1. The highest BCUT2D eigenvalue weighted by molar-refractivity contribution is 14.1. The number of hydrogen-bond acceptors (Lipinski definition) is 2. The second kappa shape index (κ2) is 4.06. The van der Waals surface area contributed by atoms with Crippen LogP contribution in [0.15, 0.2) is 36.5 Å². The first-order valence-corrected chi connectivity index (χ1v) is 6.07. The molecule has 17 heavy (non-hydrogen) atoms. The van der Waals surface area contributed by atoms with Crippen LogP contribution in [0.3, 0.4) is 0 Å². The standard InChI is InChI=1S/C12H7FIN3/c13-11-4-1-7(6-15-11)12-9-5-8(14)2-3-10(9)16-17-12/h1-6H,(H,16,17). The van der Waals surface area contributed by atoms with Crippen molar-refractivity contribution in [2.45, 2.75) is 0 Å². The number of H-pyrrole nitrogens is 1. The van der Waals surface area contributed by atoms with E-state index in [0.29, 0.717) is 0 Å². The number of rotatable bonds is 1. The fourth-order valence-corrected chi connectivity index (χ4v) is 2.21. The quantitative estimate of drug-likeness (QED) is 0.546. The summed E-state index contributed by atoms with van der Waals surface area (Å²) in [6.45, 7) is 0. The van der Waals surface area contributed by atoms with Gasteiger partial charge in [0.1, 0.15) is 5.69 Å². The van der Waals surface area contributed by atoms with Gasteiger partial charge in [-0.3, -0.25) is 5.10 Å². The van der Waals surface area contributed by atoms with E-state index in [1.54, 1.807) is 6.07 Å². The summed E-state index contributed by atoms with van der Waals surface area (Å²) in [6.07, 6.45) is 1.49. The summed E-state index contributed by atoms with van der Waals surface area (Å²) < 4.78 is 13.9. The van der Waals surface area contributed by atoms with Gasteiger partial charge in [0.05, 0.1) is 5.52 Å². The molecule has 0 aliphatic rings. The number of fused-ring (bicyclic) bond motifs is 1. The lowest BCUT2D eigenvalue weighted by Gasteiger charge is -1.97. The van der Waals surface area contributed by atoms with E-state index in [1.807, 2.05) is 18.2 Å². The zero-order valence-electron chi connectivity index (χ0n) is 8.61. The Labute approximate surface area is 110 Å². The van der Waals surface area contributed by atoms with Crippen molar-refractivity contribution in [2.75, 3.05) is 0 Å². The lowest BCUT2D eigenvalue weighted by Crippen LogP contribution is -1.84. The number of aromatic nitrogens is 3. The Kier molecular flexibility index (Phi) is 2.54. The van der Waals surface area contributed by atoms with Crippen LogP contribution in [0.2, 0.25) is 0 Å². The molecule has 2 heterocycles. The molecular weight excluding hydrogens is 332 g/mol. The molecule has 0 bridgehead atoms. The van der Waals surface area contributed by atoms with Gasteiger partial charge in [-0.15, -0.1) is 0 Å². The summed E-state index contributed by atoms with van der Waals surface area (Å²) >= 11 is 2.25. The van der Waals surface area contributed by atoms with Crippen LogP contribution in [0.5, 0.6) is 0 Å². The van der Waals surface area contributed by atoms with Crippen molar-refractivity contribution in [2.24, 2.45) is 0 Å². The first-order valence-electron chi connectivity index (χ1n) is 4.99. The van der Waals surface area contributed by atoms with Gasteiger partial charge >= 0.3 is 0 Å². The summed E-state index contributed by atoms with van der Waals surface area (Å²) in [5.74, 6) is -0.483. The minimum absolute atomic E-state index is 0.483. The van der Waals surface area contributed by atoms with E-state index in [2.05, 4.69) is 37.8 Å². The number of halogens is 2. The highest BCUT2D eigenvalue weighted by Gasteiger charge is 2.08. The van der Waals surface area contributed by atoms with Crippen molar-refractivity contribution in [1.82, 2.24) is 15.2 Å². The van der Waals surface area contributed by atoms with Gasteiger partial charge in [0.25, 0.3) is 0 Å². The fourth-order valence-electron chi connectivity index (χ4n) is 1.72. The van der Waals surface area contributed by atoms with Crippen LogP contribution in [0.25, 0.3) is 22.2 Å². The molecule has 3 aromatic rings. The zero-order valence-corrected chi connectivity index (χ0v) is 10.8. The van der Waals surface area contributed by atoms with Crippen LogP contribution in [0.1, 0.15) is 0 Å². The molecule has 0 aliphatic carbocycles. The maximum atomic E-state index is 12.8. The van der Waals surface area contributed by atoms with Gasteiger partial charge in [-0.2, -0.15) is 9.49 Å². The lowest BCUT2D eigenvalue weighted by atomic mass is 10.1. The maximum Gasteiger partial charge on any atom is 0.212 e. The molecule has 0 amide bonds. The number of hydrogen-bond donors (Lipinski definition) is 1. The molecule has 0 aliphatic heterocycles. The van der Waals surface area contributed by atoms with E-state index < -0.39 is 5.95 Å². The first kappa shape index (κ1) is 10.6. The molecule has 0 atom stereocenters. The minimum atomic E-state index is -0.483. The maximum absolute atomic E-state index is 12.8. The number of benzene rings is 1. The van der Waals surface area contributed by atoms with Crippen molar-refractivity contribution in [3.63, 3.8) is 0 Å². The second-order valence-corrected chi connectivity index (χ2v) is 4.88. The van der Waals surface area contributed by atoms with Crippen LogP contribution < -0.4 is 0 Å². The van der Waals surface area contributed by atoms with Gasteiger partial charge in [-0.05, 0) is 52.9 Å². The summed E-state index contributed by atoms with van der Waals surface area (Å²) in [5, 5.41) is 8.22. The third-order valence-electron chi connectivity index (χ3n) is 2.53. The van der Waals surface area contributed by atoms with Crippen molar-refractivity contribution < 1.29 is 4.39 Å². The molecule has 5 heteroatoms. The zero-order chi connectivity index (χ0) is 11.8. The third kappa shape index (κ3) is 1.90. The van der Waals surface area contributed by atoms with Gasteiger partial charge in [0, 0.05) is 20.7 Å². The van der Waals surface area contributed by atoms with E-state index in [4.69, 9.17) is 0 Å². The summed E-state index contributed by atoms with van der Waals surface area (Å²) in [7, 11) is 0. The predicted octanol–water partition coefficient (Wildman–Crippen LogP) is 3.37. The molecule has 0 fully saturated rings. The van der Waals surface area contributed by atoms with Crippen molar-refractivity contribution in [1.29, 1.82) is 0 Å². The monoisotopic (exact) mass is 339 g/mol. The highest BCUT2D eigenvalue weighted by atomic mass is 127. The van der Waals surface area contributed by atoms with E-state index in [-0.39, 0.29) is 0 Å². The molecule has 84 valence electrons. The van der Waals surface area contributed by atoms with Crippen LogP contribution in [-0.4, -0.2) is 15.2 Å². The van der Waals surface area contributed by atoms with Gasteiger partial charge in [0.15, 0.2) is 0 Å². The van der Waals surface area contributed by atoms with E-state index in [9.17, 15) is 4.39 Å². The highest BCUT2D eigenvalue weighted by Crippen LogP contribution is 2.26. The molecule has 1 aromatic carbocycles. The molecule has 0 saturated heterocycles. The van der Waals surface area contributed by atoms with Crippen LogP contribution in [0, 0.1) is 9.52 Å². The average molecular weight is 339 g/mol. The van der Waals surface area contributed by atoms with Gasteiger partial charge in [0.2, 0.25) is 5.95 Å². The van der Waals surface area contributed by atoms with Gasteiger partial charge in [-0.25, -0.2) is 4.98 Å².